The minimum atomic E-state index is -1.66. The lowest BCUT2D eigenvalue weighted by Gasteiger charge is -2.56. The molecule has 1 aromatic carbocycles. The van der Waals surface area contributed by atoms with Crippen molar-refractivity contribution in [1.82, 2.24) is 0 Å². The third-order valence-corrected chi connectivity index (χ3v) is 10.7. The average molecular weight is 671 g/mol. The van der Waals surface area contributed by atoms with Crippen LogP contribution >= 0.6 is 0 Å². The van der Waals surface area contributed by atoms with E-state index in [1.54, 1.807) is 6.08 Å². The van der Waals surface area contributed by atoms with Gasteiger partial charge in [0.15, 0.2) is 28.5 Å². The van der Waals surface area contributed by atoms with Gasteiger partial charge in [0.2, 0.25) is 0 Å². The molecule has 0 unspecified atom stereocenters. The van der Waals surface area contributed by atoms with E-state index >= 15 is 4.79 Å². The minimum absolute atomic E-state index is 0.0535. The Balaban J connectivity index is 1.64. The molecule has 49 heavy (non-hydrogen) atoms. The number of carboxylic acid groups (broad SMARTS) is 1. The summed E-state index contributed by atoms with van der Waals surface area (Å²) in [6, 6.07) is 0. The summed E-state index contributed by atoms with van der Waals surface area (Å²) in [5.41, 5.74) is -1.08. The summed E-state index contributed by atoms with van der Waals surface area (Å²) in [4.78, 5) is 54.0. The van der Waals surface area contributed by atoms with Gasteiger partial charge in [-0.05, 0) is 93.2 Å². The number of esters is 1. The number of Topliss-reactive ketones (excluding diaryl/α,β-unsaturated/α-hetero) is 2. The van der Waals surface area contributed by atoms with Crippen LogP contribution in [0.4, 0.5) is 0 Å². The van der Waals surface area contributed by atoms with Crippen molar-refractivity contribution in [3.05, 3.63) is 69.4 Å². The van der Waals surface area contributed by atoms with E-state index < -0.39 is 52.0 Å². The highest BCUT2D eigenvalue weighted by molar-refractivity contribution is 6.19. The first-order valence-corrected chi connectivity index (χ1v) is 17.0. The molecule has 6 aliphatic rings. The fourth-order valence-electron chi connectivity index (χ4n) is 8.41. The summed E-state index contributed by atoms with van der Waals surface area (Å²) in [6.07, 6.45) is 13.3. The molecule has 1 aromatic rings. The van der Waals surface area contributed by atoms with Crippen molar-refractivity contribution in [3.8, 4) is 17.2 Å². The van der Waals surface area contributed by atoms with Gasteiger partial charge in [0.05, 0.1) is 11.2 Å². The van der Waals surface area contributed by atoms with Crippen LogP contribution in [0.5, 0.6) is 17.2 Å². The molecule has 1 saturated carbocycles. The number of hydrogen-bond acceptors (Lipinski definition) is 8. The second kappa shape index (κ2) is 11.7. The maximum absolute atomic E-state index is 15.1. The minimum Gasteiger partial charge on any atom is -0.482 e. The topological polar surface area (TPSA) is 125 Å². The van der Waals surface area contributed by atoms with Crippen molar-refractivity contribution < 1.29 is 43.2 Å². The van der Waals surface area contributed by atoms with Crippen molar-refractivity contribution >= 4 is 29.6 Å². The van der Waals surface area contributed by atoms with Gasteiger partial charge >= 0.3 is 11.9 Å². The van der Waals surface area contributed by atoms with Gasteiger partial charge in [0.1, 0.15) is 22.7 Å². The number of ketones is 2. The SMILES string of the molecule is CC(=O)Oc1c2c(c(CC=C(C)C)c3c1C(=O)C1=C[C@@H]4C[C@H]5C(C)(C)O[C@](C/C=C(\C)C(=O)O)(C4=O)[C@@]15O3)O[C@](C)(CCC=C(C)C)C=C2. The molecule has 9 nitrogen and oxygen atoms in total. The Bertz CT molecular complexity index is 1840. The van der Waals surface area contributed by atoms with Gasteiger partial charge in [-0.1, -0.05) is 35.5 Å². The Morgan fingerprint density at radius 3 is 2.31 bits per heavy atom. The van der Waals surface area contributed by atoms with Gasteiger partial charge in [-0.2, -0.15) is 0 Å². The quantitative estimate of drug-likeness (QED) is 0.123. The van der Waals surface area contributed by atoms with Crippen LogP contribution in [-0.4, -0.2) is 51.0 Å². The lowest BCUT2D eigenvalue weighted by Crippen LogP contribution is -2.72. The van der Waals surface area contributed by atoms with Crippen LogP contribution in [0.1, 0.15) is 109 Å². The molecule has 0 amide bonds. The van der Waals surface area contributed by atoms with Crippen LogP contribution in [0.15, 0.2) is 52.7 Å². The van der Waals surface area contributed by atoms with Crippen LogP contribution in [-0.2, 0) is 25.5 Å². The highest BCUT2D eigenvalue weighted by Crippen LogP contribution is 2.68. The summed E-state index contributed by atoms with van der Waals surface area (Å²) in [5, 5.41) is 9.70. The van der Waals surface area contributed by atoms with Crippen molar-refractivity contribution in [2.24, 2.45) is 11.8 Å². The molecular weight excluding hydrogens is 624 g/mol. The molecular formula is C40H46O9. The third kappa shape index (κ3) is 5.23. The van der Waals surface area contributed by atoms with E-state index in [0.29, 0.717) is 36.1 Å². The number of hydrogen-bond donors (Lipinski definition) is 1. The van der Waals surface area contributed by atoms with E-state index in [-0.39, 0.29) is 40.4 Å². The Morgan fingerprint density at radius 1 is 0.980 bits per heavy atom. The molecule has 260 valence electrons. The van der Waals surface area contributed by atoms with Crippen molar-refractivity contribution in [3.63, 3.8) is 0 Å². The molecule has 5 atom stereocenters. The van der Waals surface area contributed by atoms with Gasteiger partial charge in [-0.3, -0.25) is 14.4 Å². The fourth-order valence-corrected chi connectivity index (χ4v) is 8.41. The van der Waals surface area contributed by atoms with E-state index in [1.807, 2.05) is 66.7 Å². The van der Waals surface area contributed by atoms with Gasteiger partial charge in [0.25, 0.3) is 0 Å². The molecule has 1 saturated heterocycles. The molecule has 0 aromatic heterocycles. The number of benzene rings is 1. The largest absolute Gasteiger partial charge is 0.482 e. The molecule has 7 rings (SSSR count). The first-order valence-electron chi connectivity index (χ1n) is 17.0. The van der Waals surface area contributed by atoms with Crippen molar-refractivity contribution in [2.45, 2.75) is 117 Å². The first-order chi connectivity index (χ1) is 22.9. The van der Waals surface area contributed by atoms with E-state index in [1.165, 1.54) is 25.5 Å². The second-order valence-corrected chi connectivity index (χ2v) is 15.3. The van der Waals surface area contributed by atoms with Crippen molar-refractivity contribution in [2.75, 3.05) is 0 Å². The van der Waals surface area contributed by atoms with E-state index in [2.05, 4.69) is 6.08 Å². The summed E-state index contributed by atoms with van der Waals surface area (Å²) in [5.74, 6) is -2.71. The van der Waals surface area contributed by atoms with E-state index in [0.717, 1.165) is 12.0 Å². The molecule has 3 aliphatic heterocycles. The maximum atomic E-state index is 15.1. The van der Waals surface area contributed by atoms with Crippen LogP contribution < -0.4 is 14.2 Å². The lowest BCUT2D eigenvalue weighted by atomic mass is 9.51. The predicted octanol–water partition coefficient (Wildman–Crippen LogP) is 7.46. The average Bonchev–Trinajstić information content (AvgIpc) is 3.15. The van der Waals surface area contributed by atoms with Crippen LogP contribution in [0.25, 0.3) is 6.08 Å². The number of carbonyl (C=O) groups excluding carboxylic acids is 3. The highest BCUT2D eigenvalue weighted by atomic mass is 16.6. The smallest absolute Gasteiger partial charge is 0.330 e. The van der Waals surface area contributed by atoms with Gasteiger partial charge in [-0.25, -0.2) is 4.79 Å². The summed E-state index contributed by atoms with van der Waals surface area (Å²) >= 11 is 0. The number of fused-ring (bicyclic) bond motifs is 2. The Morgan fingerprint density at radius 2 is 1.67 bits per heavy atom. The van der Waals surface area contributed by atoms with Gasteiger partial charge < -0.3 is 24.1 Å². The Kier molecular flexibility index (Phi) is 8.25. The van der Waals surface area contributed by atoms with Gasteiger partial charge in [-0.15, -0.1) is 0 Å². The van der Waals surface area contributed by atoms with Gasteiger partial charge in [0, 0.05) is 41.9 Å². The molecule has 3 aliphatic carbocycles. The third-order valence-electron chi connectivity index (χ3n) is 10.7. The predicted molar refractivity (Wildman–Crippen MR) is 184 cm³/mol. The summed E-state index contributed by atoms with van der Waals surface area (Å²) in [6.45, 7) is 16.6. The van der Waals surface area contributed by atoms with Crippen LogP contribution in [0.3, 0.4) is 0 Å². The molecule has 2 fully saturated rings. The van der Waals surface area contributed by atoms with Crippen LogP contribution in [0, 0.1) is 11.8 Å². The zero-order valence-corrected chi connectivity index (χ0v) is 29.9. The zero-order valence-electron chi connectivity index (χ0n) is 29.9. The number of ether oxygens (including phenoxy) is 4. The summed E-state index contributed by atoms with van der Waals surface area (Å²) < 4.78 is 26.7. The standard InChI is InChI=1S/C40H46O9/c1-21(2)11-10-16-38(9)17-15-27-32(47-38)26(13-12-22(3)4)34-30(33(27)46-24(6)41)31(42)28-19-25-20-29-37(7,8)49-39(35(25)43,40(28,29)48-34)18-14-23(5)36(44)45/h11-12,14-15,17,19,25,29H,10,13,16,18,20H2,1-9H3,(H,44,45)/b23-14+/t25-,29+,38-,39-,40-/m1/s1. The second-order valence-electron chi connectivity index (χ2n) is 15.3. The van der Waals surface area contributed by atoms with Crippen molar-refractivity contribution in [1.29, 1.82) is 0 Å². The maximum Gasteiger partial charge on any atom is 0.330 e. The monoisotopic (exact) mass is 670 g/mol. The Hall–Kier alpha value is -4.24. The molecule has 1 N–H and O–H groups in total. The van der Waals surface area contributed by atoms with Crippen LogP contribution in [0.2, 0.25) is 0 Å². The number of aliphatic carboxylic acids is 1. The number of carboxylic acids is 1. The number of rotatable bonds is 9. The molecule has 4 bridgehead atoms. The Labute approximate surface area is 287 Å². The first kappa shape index (κ1) is 34.6. The highest BCUT2D eigenvalue weighted by Gasteiger charge is 2.81. The molecule has 1 spiro atoms. The summed E-state index contributed by atoms with van der Waals surface area (Å²) in [7, 11) is 0. The zero-order chi connectivity index (χ0) is 35.8. The lowest BCUT2D eigenvalue weighted by molar-refractivity contribution is -0.171. The molecule has 9 heteroatoms. The van der Waals surface area contributed by atoms with E-state index in [4.69, 9.17) is 18.9 Å². The number of allylic oxidation sites excluding steroid dienone is 5. The fraction of sp³-hybridized carbons (Fsp3) is 0.500. The van der Waals surface area contributed by atoms with E-state index in [9.17, 15) is 19.5 Å². The number of carbonyl (C=O) groups is 4. The molecule has 3 heterocycles. The molecule has 0 radical (unpaired) electrons. The normalized spacial score (nSPS) is 29.9.